The van der Waals surface area contributed by atoms with E-state index in [0.717, 1.165) is 35.2 Å². The molecule has 3 atom stereocenters. The summed E-state index contributed by atoms with van der Waals surface area (Å²) >= 11 is 0. The van der Waals surface area contributed by atoms with E-state index in [-0.39, 0.29) is 11.9 Å². The van der Waals surface area contributed by atoms with E-state index in [1.807, 2.05) is 36.4 Å². The molecule has 2 aromatic rings. The van der Waals surface area contributed by atoms with E-state index in [1.54, 1.807) is 0 Å². The lowest BCUT2D eigenvalue weighted by molar-refractivity contribution is 0.0909. The normalized spacial score (nSPS) is 26.0. The molecule has 2 saturated heterocycles. The number of fused-ring (bicyclic) bond motifs is 3. The number of nitrogens with one attached hydrogen (secondary N) is 1. The second kappa shape index (κ2) is 5.72. The van der Waals surface area contributed by atoms with Crippen LogP contribution in [0.5, 0.6) is 0 Å². The summed E-state index contributed by atoms with van der Waals surface area (Å²) in [6.45, 7) is 3.36. The van der Waals surface area contributed by atoms with Gasteiger partial charge in [-0.05, 0) is 54.3 Å². The number of benzene rings is 2. The number of nitrogens with zero attached hydrogens (tertiary/aromatic N) is 1. The Kier molecular flexibility index (Phi) is 3.55. The molecule has 1 N–H and O–H groups in total. The van der Waals surface area contributed by atoms with Crippen molar-refractivity contribution in [3.05, 3.63) is 47.5 Å². The molecule has 0 aromatic heterocycles. The van der Waals surface area contributed by atoms with Crippen LogP contribution in [-0.4, -0.2) is 36.5 Å². The Bertz CT molecular complexity index is 793. The first-order chi connectivity index (χ1) is 11.2. The molecular formula is C20H20N2O. The molecule has 116 valence electrons. The standard InChI is InChI=1S/C20H20N2O/c1-2-15-4-3-5-16-6-7-17(11-19(15)16)20(23)21-18-10-14-8-9-22(12-14)13-18/h1,3-7,11,14,18H,8-10,12-13H2,(H,21,23). The number of piperidine rings is 1. The van der Waals surface area contributed by atoms with Gasteiger partial charge in [-0.25, -0.2) is 0 Å². The zero-order chi connectivity index (χ0) is 15.8. The highest BCUT2D eigenvalue weighted by atomic mass is 16.1. The highest BCUT2D eigenvalue weighted by molar-refractivity contribution is 6.00. The van der Waals surface area contributed by atoms with Gasteiger partial charge in [0, 0.05) is 30.3 Å². The van der Waals surface area contributed by atoms with Crippen LogP contribution < -0.4 is 5.32 Å². The molecule has 2 aliphatic rings. The van der Waals surface area contributed by atoms with Crippen molar-refractivity contribution in [2.75, 3.05) is 19.6 Å². The van der Waals surface area contributed by atoms with E-state index in [2.05, 4.69) is 16.1 Å². The van der Waals surface area contributed by atoms with Gasteiger partial charge in [-0.3, -0.25) is 4.79 Å². The number of carbonyl (C=O) groups is 1. The molecule has 3 nitrogen and oxygen atoms in total. The molecule has 2 aliphatic heterocycles. The molecule has 2 fully saturated rings. The average Bonchev–Trinajstić information content (AvgIpc) is 2.92. The summed E-state index contributed by atoms with van der Waals surface area (Å²) in [4.78, 5) is 15.1. The Morgan fingerprint density at radius 1 is 1.26 bits per heavy atom. The van der Waals surface area contributed by atoms with Crippen molar-refractivity contribution >= 4 is 16.7 Å². The van der Waals surface area contributed by atoms with E-state index in [0.29, 0.717) is 5.56 Å². The second-order valence-corrected chi connectivity index (χ2v) is 6.71. The molecule has 1 amide bonds. The molecule has 0 radical (unpaired) electrons. The molecule has 2 aromatic carbocycles. The largest absolute Gasteiger partial charge is 0.348 e. The van der Waals surface area contributed by atoms with Crippen LogP contribution >= 0.6 is 0 Å². The smallest absolute Gasteiger partial charge is 0.251 e. The molecule has 0 spiro atoms. The third-order valence-electron chi connectivity index (χ3n) is 5.10. The van der Waals surface area contributed by atoms with E-state index in [4.69, 9.17) is 6.42 Å². The summed E-state index contributed by atoms with van der Waals surface area (Å²) in [5.74, 6) is 3.45. The SMILES string of the molecule is C#Cc1cccc2ccc(C(=O)NC3CC4CCN(C4)C3)cc12. The summed E-state index contributed by atoms with van der Waals surface area (Å²) < 4.78 is 0. The lowest BCUT2D eigenvalue weighted by Gasteiger charge is -2.30. The van der Waals surface area contributed by atoms with Gasteiger partial charge in [-0.2, -0.15) is 0 Å². The van der Waals surface area contributed by atoms with Crippen LogP contribution in [0.25, 0.3) is 10.8 Å². The molecule has 0 saturated carbocycles. The third-order valence-corrected chi connectivity index (χ3v) is 5.10. The maximum atomic E-state index is 12.6. The van der Waals surface area contributed by atoms with E-state index in [9.17, 15) is 4.79 Å². The van der Waals surface area contributed by atoms with Crippen LogP contribution in [0, 0.1) is 18.3 Å². The molecule has 4 rings (SSSR count). The first-order valence-electron chi connectivity index (χ1n) is 8.25. The van der Waals surface area contributed by atoms with Gasteiger partial charge in [0.2, 0.25) is 0 Å². The van der Waals surface area contributed by atoms with Gasteiger partial charge in [-0.15, -0.1) is 6.42 Å². The van der Waals surface area contributed by atoms with E-state index in [1.165, 1.54) is 19.5 Å². The van der Waals surface area contributed by atoms with Crippen molar-refractivity contribution in [2.24, 2.45) is 5.92 Å². The number of rotatable bonds is 2. The summed E-state index contributed by atoms with van der Waals surface area (Å²) in [6, 6.07) is 11.9. The molecule has 2 bridgehead atoms. The van der Waals surface area contributed by atoms with Crippen LogP contribution in [0.3, 0.4) is 0 Å². The lowest BCUT2D eigenvalue weighted by atomic mass is 9.96. The highest BCUT2D eigenvalue weighted by Gasteiger charge is 2.32. The average molecular weight is 304 g/mol. The van der Waals surface area contributed by atoms with Crippen molar-refractivity contribution < 1.29 is 4.79 Å². The van der Waals surface area contributed by atoms with Crippen molar-refractivity contribution in [3.63, 3.8) is 0 Å². The number of amides is 1. The maximum absolute atomic E-state index is 12.6. The first-order valence-corrected chi connectivity index (χ1v) is 8.25. The predicted octanol–water partition coefficient (Wildman–Crippen LogP) is 2.65. The van der Waals surface area contributed by atoms with Crippen LogP contribution in [0.2, 0.25) is 0 Å². The summed E-state index contributed by atoms with van der Waals surface area (Å²) in [7, 11) is 0. The van der Waals surface area contributed by atoms with Crippen molar-refractivity contribution in [1.82, 2.24) is 10.2 Å². The van der Waals surface area contributed by atoms with Gasteiger partial charge >= 0.3 is 0 Å². The monoisotopic (exact) mass is 304 g/mol. The zero-order valence-electron chi connectivity index (χ0n) is 13.1. The quantitative estimate of drug-likeness (QED) is 0.865. The van der Waals surface area contributed by atoms with Crippen LogP contribution in [0.15, 0.2) is 36.4 Å². The van der Waals surface area contributed by atoms with Crippen molar-refractivity contribution in [2.45, 2.75) is 18.9 Å². The molecule has 0 aliphatic carbocycles. The Labute approximate surface area is 136 Å². The van der Waals surface area contributed by atoms with Gasteiger partial charge < -0.3 is 10.2 Å². The first kappa shape index (κ1) is 14.3. The summed E-state index contributed by atoms with van der Waals surface area (Å²) in [5.41, 5.74) is 1.52. The number of hydrogen-bond donors (Lipinski definition) is 1. The van der Waals surface area contributed by atoms with Gasteiger partial charge in [0.05, 0.1) is 0 Å². The van der Waals surface area contributed by atoms with Crippen molar-refractivity contribution in [1.29, 1.82) is 0 Å². The van der Waals surface area contributed by atoms with E-state index < -0.39 is 0 Å². The Hall–Kier alpha value is -2.31. The fourth-order valence-electron chi connectivity index (χ4n) is 3.97. The fraction of sp³-hybridized carbons (Fsp3) is 0.350. The molecule has 3 unspecified atom stereocenters. The van der Waals surface area contributed by atoms with E-state index >= 15 is 0 Å². The molecule has 3 heteroatoms. The Balaban J connectivity index is 1.56. The maximum Gasteiger partial charge on any atom is 0.251 e. The zero-order valence-corrected chi connectivity index (χ0v) is 13.1. The third kappa shape index (κ3) is 2.71. The Morgan fingerprint density at radius 3 is 3.00 bits per heavy atom. The topological polar surface area (TPSA) is 32.3 Å². The van der Waals surface area contributed by atoms with Gasteiger partial charge in [-0.1, -0.05) is 24.1 Å². The van der Waals surface area contributed by atoms with Crippen LogP contribution in [0.4, 0.5) is 0 Å². The summed E-state index contributed by atoms with van der Waals surface area (Å²) in [5, 5.41) is 5.24. The highest BCUT2D eigenvalue weighted by Crippen LogP contribution is 2.27. The van der Waals surface area contributed by atoms with Gasteiger partial charge in [0.1, 0.15) is 0 Å². The minimum Gasteiger partial charge on any atom is -0.348 e. The lowest BCUT2D eigenvalue weighted by Crippen LogP contribution is -2.47. The molecule has 2 heterocycles. The number of terminal acetylenes is 1. The summed E-state index contributed by atoms with van der Waals surface area (Å²) in [6.07, 6.45) is 7.95. The van der Waals surface area contributed by atoms with Crippen LogP contribution in [-0.2, 0) is 0 Å². The molecular weight excluding hydrogens is 284 g/mol. The fourth-order valence-corrected chi connectivity index (χ4v) is 3.97. The Morgan fingerprint density at radius 2 is 2.17 bits per heavy atom. The molecule has 23 heavy (non-hydrogen) atoms. The minimum atomic E-state index is 0.00576. The second-order valence-electron chi connectivity index (χ2n) is 6.71. The number of carbonyl (C=O) groups excluding carboxylic acids is 1. The van der Waals surface area contributed by atoms with Crippen LogP contribution in [0.1, 0.15) is 28.8 Å². The van der Waals surface area contributed by atoms with Gasteiger partial charge in [0.15, 0.2) is 0 Å². The predicted molar refractivity (Wildman–Crippen MR) is 92.3 cm³/mol. The van der Waals surface area contributed by atoms with Gasteiger partial charge in [0.25, 0.3) is 5.91 Å². The van der Waals surface area contributed by atoms with Crippen molar-refractivity contribution in [3.8, 4) is 12.3 Å². The number of hydrogen-bond acceptors (Lipinski definition) is 2. The minimum absolute atomic E-state index is 0.00576.